The SMILES string of the molecule is Cc1cc2c(cc1Cl)-c1c(F)cc(O)cc1OC21CC1. The number of fused-ring (bicyclic) bond motifs is 4. The number of halogens is 2. The van der Waals surface area contributed by atoms with Crippen molar-refractivity contribution in [3.05, 3.63) is 46.2 Å². The molecule has 1 heterocycles. The normalized spacial score (nSPS) is 17.4. The minimum absolute atomic E-state index is 0.126. The van der Waals surface area contributed by atoms with Crippen LogP contribution in [0.1, 0.15) is 24.0 Å². The number of rotatable bonds is 0. The molecule has 1 aliphatic carbocycles. The van der Waals surface area contributed by atoms with Gasteiger partial charge >= 0.3 is 0 Å². The van der Waals surface area contributed by atoms with Crippen molar-refractivity contribution in [3.8, 4) is 22.6 Å². The Balaban J connectivity index is 2.07. The van der Waals surface area contributed by atoms with Gasteiger partial charge in [-0.3, -0.25) is 0 Å². The first-order valence-corrected chi connectivity index (χ1v) is 6.90. The third-order valence-corrected chi connectivity index (χ3v) is 4.51. The van der Waals surface area contributed by atoms with Gasteiger partial charge in [0, 0.05) is 22.7 Å². The van der Waals surface area contributed by atoms with Crippen LogP contribution in [-0.2, 0) is 5.60 Å². The van der Waals surface area contributed by atoms with Gasteiger partial charge in [-0.15, -0.1) is 0 Å². The quantitative estimate of drug-likeness (QED) is 0.772. The Morgan fingerprint density at radius 1 is 1.25 bits per heavy atom. The van der Waals surface area contributed by atoms with Crippen LogP contribution in [0, 0.1) is 12.7 Å². The smallest absolute Gasteiger partial charge is 0.138 e. The topological polar surface area (TPSA) is 29.5 Å². The highest BCUT2D eigenvalue weighted by Gasteiger charge is 2.52. The summed E-state index contributed by atoms with van der Waals surface area (Å²) >= 11 is 6.20. The molecule has 1 aliphatic heterocycles. The Morgan fingerprint density at radius 3 is 2.70 bits per heavy atom. The van der Waals surface area contributed by atoms with Gasteiger partial charge in [-0.2, -0.15) is 0 Å². The van der Waals surface area contributed by atoms with Crippen LogP contribution < -0.4 is 4.74 Å². The maximum atomic E-state index is 14.2. The second-order valence-corrected chi connectivity index (χ2v) is 5.95. The van der Waals surface area contributed by atoms with Crippen molar-refractivity contribution in [2.45, 2.75) is 25.4 Å². The number of aryl methyl sites for hydroxylation is 1. The summed E-state index contributed by atoms with van der Waals surface area (Å²) in [6, 6.07) is 6.35. The van der Waals surface area contributed by atoms with E-state index in [4.69, 9.17) is 16.3 Å². The summed E-state index contributed by atoms with van der Waals surface area (Å²) in [6.45, 7) is 1.93. The number of aromatic hydroxyl groups is 1. The van der Waals surface area contributed by atoms with Crippen LogP contribution in [0.3, 0.4) is 0 Å². The number of hydrogen-bond acceptors (Lipinski definition) is 2. The number of phenolic OH excluding ortho intramolecular Hbond substituents is 1. The van der Waals surface area contributed by atoms with Gasteiger partial charge in [0.05, 0.1) is 5.56 Å². The molecule has 2 nitrogen and oxygen atoms in total. The first-order valence-electron chi connectivity index (χ1n) is 6.53. The maximum absolute atomic E-state index is 14.2. The predicted molar refractivity (Wildman–Crippen MR) is 74.8 cm³/mol. The van der Waals surface area contributed by atoms with Gasteiger partial charge in [-0.1, -0.05) is 11.6 Å². The number of ether oxygens (including phenoxy) is 1. The van der Waals surface area contributed by atoms with E-state index in [9.17, 15) is 9.50 Å². The lowest BCUT2D eigenvalue weighted by Crippen LogP contribution is -2.22. The van der Waals surface area contributed by atoms with Crippen molar-refractivity contribution in [2.24, 2.45) is 0 Å². The first kappa shape index (κ1) is 12.0. The number of benzene rings is 2. The highest BCUT2D eigenvalue weighted by Crippen LogP contribution is 2.58. The molecule has 1 spiro atoms. The molecule has 0 saturated heterocycles. The van der Waals surface area contributed by atoms with Gasteiger partial charge in [0.1, 0.15) is 22.9 Å². The highest BCUT2D eigenvalue weighted by atomic mass is 35.5. The van der Waals surface area contributed by atoms with Crippen molar-refractivity contribution in [1.82, 2.24) is 0 Å². The fourth-order valence-electron chi connectivity index (χ4n) is 2.93. The first-order chi connectivity index (χ1) is 9.50. The molecule has 0 amide bonds. The zero-order valence-electron chi connectivity index (χ0n) is 10.8. The van der Waals surface area contributed by atoms with E-state index in [0.29, 0.717) is 16.3 Å². The minimum Gasteiger partial charge on any atom is -0.508 e. The molecule has 0 aromatic heterocycles. The molecule has 0 bridgehead atoms. The van der Waals surface area contributed by atoms with Crippen LogP contribution >= 0.6 is 11.6 Å². The van der Waals surface area contributed by atoms with Crippen LogP contribution in [0.2, 0.25) is 5.02 Å². The molecular weight excluding hydrogens is 279 g/mol. The Bertz CT molecular complexity index is 751. The van der Waals surface area contributed by atoms with Gasteiger partial charge in [0.2, 0.25) is 0 Å². The van der Waals surface area contributed by atoms with E-state index in [-0.39, 0.29) is 11.4 Å². The van der Waals surface area contributed by atoms with Gasteiger partial charge in [-0.25, -0.2) is 4.39 Å². The Hall–Kier alpha value is -1.74. The van der Waals surface area contributed by atoms with Gasteiger partial charge < -0.3 is 9.84 Å². The summed E-state index contributed by atoms with van der Waals surface area (Å²) in [5, 5.41) is 10.2. The third kappa shape index (κ3) is 1.50. The maximum Gasteiger partial charge on any atom is 0.138 e. The molecule has 1 N–H and O–H groups in total. The minimum atomic E-state index is -0.489. The molecular formula is C16H12ClFO2. The highest BCUT2D eigenvalue weighted by molar-refractivity contribution is 6.31. The standard InChI is InChI=1S/C16H12ClFO2/c1-8-4-11-10(7-12(8)17)15-13(18)5-9(19)6-14(15)20-16(11)2-3-16/h4-7,19H,2-3H2,1H3. The molecule has 2 aliphatic rings. The largest absolute Gasteiger partial charge is 0.508 e. The van der Waals surface area contributed by atoms with E-state index in [0.717, 1.165) is 35.6 Å². The van der Waals surface area contributed by atoms with Crippen molar-refractivity contribution in [3.63, 3.8) is 0 Å². The third-order valence-electron chi connectivity index (χ3n) is 4.11. The Morgan fingerprint density at radius 2 is 2.00 bits per heavy atom. The summed E-state index contributed by atoms with van der Waals surface area (Å²) in [6.07, 6.45) is 1.80. The molecule has 1 saturated carbocycles. The summed E-state index contributed by atoms with van der Waals surface area (Å²) < 4.78 is 20.2. The molecule has 4 rings (SSSR count). The van der Waals surface area contributed by atoms with Gasteiger partial charge in [0.15, 0.2) is 0 Å². The van der Waals surface area contributed by atoms with Crippen molar-refractivity contribution in [2.75, 3.05) is 0 Å². The lowest BCUT2D eigenvalue weighted by Gasteiger charge is -2.30. The summed E-state index contributed by atoms with van der Waals surface area (Å²) in [7, 11) is 0. The molecule has 1 fully saturated rings. The van der Waals surface area contributed by atoms with Crippen LogP contribution in [0.5, 0.6) is 11.5 Å². The van der Waals surface area contributed by atoms with Gasteiger partial charge in [0.25, 0.3) is 0 Å². The molecule has 2 aromatic rings. The van der Waals surface area contributed by atoms with Crippen LogP contribution in [0.25, 0.3) is 11.1 Å². The predicted octanol–water partition coefficient (Wildman–Crippen LogP) is 4.54. The molecule has 0 atom stereocenters. The Labute approximate surface area is 120 Å². The van der Waals surface area contributed by atoms with Crippen molar-refractivity contribution < 1.29 is 14.2 Å². The number of hydrogen-bond donors (Lipinski definition) is 1. The van der Waals surface area contributed by atoms with Crippen molar-refractivity contribution >= 4 is 11.6 Å². The fraction of sp³-hybridized carbons (Fsp3) is 0.250. The molecule has 0 radical (unpaired) electrons. The van der Waals surface area contributed by atoms with Crippen LogP contribution in [0.4, 0.5) is 4.39 Å². The molecule has 4 heteroatoms. The summed E-state index contributed by atoms with van der Waals surface area (Å²) in [5.41, 5.74) is 2.76. The molecule has 102 valence electrons. The summed E-state index contributed by atoms with van der Waals surface area (Å²) in [5.74, 6) is -0.220. The molecule has 0 unspecified atom stereocenters. The zero-order chi connectivity index (χ0) is 14.1. The van der Waals surface area contributed by atoms with E-state index in [1.807, 2.05) is 13.0 Å². The average molecular weight is 291 g/mol. The van der Waals surface area contributed by atoms with E-state index in [1.165, 1.54) is 6.07 Å². The molecule has 2 aromatic carbocycles. The van der Waals surface area contributed by atoms with Crippen LogP contribution in [-0.4, -0.2) is 5.11 Å². The van der Waals surface area contributed by atoms with Crippen molar-refractivity contribution in [1.29, 1.82) is 0 Å². The lowest BCUT2D eigenvalue weighted by molar-refractivity contribution is 0.176. The zero-order valence-corrected chi connectivity index (χ0v) is 11.6. The average Bonchev–Trinajstić information content (AvgIpc) is 3.11. The number of phenols is 1. The van der Waals surface area contributed by atoms with Crippen LogP contribution in [0.15, 0.2) is 24.3 Å². The second kappa shape index (κ2) is 3.67. The van der Waals surface area contributed by atoms with E-state index < -0.39 is 5.82 Å². The lowest BCUT2D eigenvalue weighted by atomic mass is 9.89. The second-order valence-electron chi connectivity index (χ2n) is 5.54. The molecule has 20 heavy (non-hydrogen) atoms. The van der Waals surface area contributed by atoms with Gasteiger partial charge in [-0.05, 0) is 43.0 Å². The monoisotopic (exact) mass is 290 g/mol. The fourth-order valence-corrected chi connectivity index (χ4v) is 3.09. The van der Waals surface area contributed by atoms with E-state index in [2.05, 4.69) is 0 Å². The van der Waals surface area contributed by atoms with E-state index >= 15 is 0 Å². The Kier molecular flexibility index (Phi) is 2.21. The van der Waals surface area contributed by atoms with E-state index in [1.54, 1.807) is 6.07 Å². The summed E-state index contributed by atoms with van der Waals surface area (Å²) in [4.78, 5) is 0.